The Morgan fingerprint density at radius 2 is 1.82 bits per heavy atom. The number of carbonyl (C=O) groups excluding carboxylic acids is 2. The highest BCUT2D eigenvalue weighted by Crippen LogP contribution is 2.40. The van der Waals surface area contributed by atoms with Crippen LogP contribution in [0.4, 0.5) is 11.4 Å². The van der Waals surface area contributed by atoms with Crippen molar-refractivity contribution in [1.29, 1.82) is 0 Å². The molecule has 9 heteroatoms. The Hall–Kier alpha value is -2.64. The van der Waals surface area contributed by atoms with E-state index in [2.05, 4.69) is 15.5 Å². The minimum atomic E-state index is -1.36. The number of ketones is 1. The van der Waals surface area contributed by atoms with Crippen LogP contribution in [0.2, 0.25) is 10.0 Å². The molecule has 0 saturated heterocycles. The van der Waals surface area contributed by atoms with Gasteiger partial charge in [-0.05, 0) is 43.7 Å². The molecule has 0 fully saturated rings. The summed E-state index contributed by atoms with van der Waals surface area (Å²) >= 11 is 12.3. The lowest BCUT2D eigenvalue weighted by Crippen LogP contribution is -2.32. The molecule has 2 aromatic carbocycles. The van der Waals surface area contributed by atoms with Gasteiger partial charge in [0.15, 0.2) is 11.5 Å². The van der Waals surface area contributed by atoms with E-state index >= 15 is 0 Å². The van der Waals surface area contributed by atoms with Crippen LogP contribution in [0, 0.1) is 6.92 Å². The summed E-state index contributed by atoms with van der Waals surface area (Å²) in [6.45, 7) is 3.11. The van der Waals surface area contributed by atoms with E-state index in [1.807, 2.05) is 13.0 Å². The monoisotopic (exact) mass is 423 g/mol. The number of ether oxygens (including phenoxy) is 2. The van der Waals surface area contributed by atoms with Gasteiger partial charge in [0, 0.05) is 0 Å². The number of aryl methyl sites for hydroxylation is 1. The number of Topliss-reactive ketones (excluding diaryl/α,β-unsaturated/α-hetero) is 1. The van der Waals surface area contributed by atoms with Gasteiger partial charge in [0.05, 0.1) is 24.9 Å². The van der Waals surface area contributed by atoms with Crippen molar-refractivity contribution in [2.24, 2.45) is 10.2 Å². The van der Waals surface area contributed by atoms with Gasteiger partial charge < -0.3 is 14.8 Å². The van der Waals surface area contributed by atoms with Crippen molar-refractivity contribution in [2.75, 3.05) is 19.5 Å². The molecule has 0 aliphatic heterocycles. The Balaban J connectivity index is 2.29. The highest BCUT2D eigenvalue weighted by molar-refractivity contribution is 6.34. The maximum absolute atomic E-state index is 12.6. The van der Waals surface area contributed by atoms with Crippen molar-refractivity contribution < 1.29 is 19.1 Å². The van der Waals surface area contributed by atoms with Gasteiger partial charge in [0.1, 0.15) is 16.5 Å². The molecule has 148 valence electrons. The van der Waals surface area contributed by atoms with Crippen LogP contribution in [0.3, 0.4) is 0 Å². The fourth-order valence-corrected chi connectivity index (χ4v) is 2.81. The van der Waals surface area contributed by atoms with Crippen LogP contribution in [-0.2, 0) is 9.59 Å². The van der Waals surface area contributed by atoms with Crippen molar-refractivity contribution in [1.82, 2.24) is 0 Å². The van der Waals surface area contributed by atoms with E-state index < -0.39 is 17.7 Å². The number of benzene rings is 2. The number of halogens is 2. The maximum atomic E-state index is 12.6. The second-order valence-corrected chi connectivity index (χ2v) is 6.62. The molecule has 1 atom stereocenters. The summed E-state index contributed by atoms with van der Waals surface area (Å²) in [5, 5.41) is 11.0. The summed E-state index contributed by atoms with van der Waals surface area (Å²) in [5.41, 5.74) is 1.55. The Labute approximate surface area is 172 Å². The molecule has 0 spiro atoms. The molecule has 0 aliphatic rings. The average molecular weight is 424 g/mol. The van der Waals surface area contributed by atoms with E-state index in [0.717, 1.165) is 5.56 Å². The van der Waals surface area contributed by atoms with Gasteiger partial charge in [-0.2, -0.15) is 10.2 Å². The van der Waals surface area contributed by atoms with Crippen molar-refractivity contribution in [3.05, 3.63) is 45.9 Å². The van der Waals surface area contributed by atoms with Gasteiger partial charge in [-0.25, -0.2) is 0 Å². The average Bonchev–Trinajstić information content (AvgIpc) is 2.64. The van der Waals surface area contributed by atoms with Crippen LogP contribution >= 0.6 is 23.2 Å². The number of carbonyl (C=O) groups is 2. The van der Waals surface area contributed by atoms with Crippen LogP contribution in [0.25, 0.3) is 0 Å². The van der Waals surface area contributed by atoms with E-state index in [4.69, 9.17) is 32.7 Å². The third kappa shape index (κ3) is 4.99. The molecule has 0 bridgehead atoms. The van der Waals surface area contributed by atoms with Crippen molar-refractivity contribution in [3.63, 3.8) is 0 Å². The zero-order valence-electron chi connectivity index (χ0n) is 15.7. The molecular formula is C19H19Cl2N3O4. The van der Waals surface area contributed by atoms with Crippen molar-refractivity contribution in [3.8, 4) is 11.5 Å². The summed E-state index contributed by atoms with van der Waals surface area (Å²) < 4.78 is 10.4. The molecule has 0 radical (unpaired) electrons. The Morgan fingerprint density at radius 3 is 2.43 bits per heavy atom. The van der Waals surface area contributed by atoms with Gasteiger partial charge in [0.2, 0.25) is 6.04 Å². The van der Waals surface area contributed by atoms with E-state index in [0.29, 0.717) is 16.5 Å². The zero-order valence-corrected chi connectivity index (χ0v) is 17.3. The first-order chi connectivity index (χ1) is 13.3. The Bertz CT molecular complexity index is 932. The SMILES string of the molecule is COc1ccc(NC(=O)C(N=Nc2cc(C)ccc2Cl)C(C)=O)c(OC)c1Cl. The molecule has 1 N–H and O–H groups in total. The van der Waals surface area contributed by atoms with Gasteiger partial charge >= 0.3 is 0 Å². The maximum Gasteiger partial charge on any atom is 0.258 e. The number of anilines is 1. The van der Waals surface area contributed by atoms with Gasteiger partial charge in [0.25, 0.3) is 5.91 Å². The normalized spacial score (nSPS) is 11.9. The number of azo groups is 1. The second-order valence-electron chi connectivity index (χ2n) is 5.84. The first kappa shape index (κ1) is 21.7. The molecule has 7 nitrogen and oxygen atoms in total. The summed E-state index contributed by atoms with van der Waals surface area (Å²) in [6.07, 6.45) is 0. The summed E-state index contributed by atoms with van der Waals surface area (Å²) in [4.78, 5) is 24.6. The smallest absolute Gasteiger partial charge is 0.258 e. The molecule has 0 aromatic heterocycles. The van der Waals surface area contributed by atoms with Crippen molar-refractivity contribution >= 4 is 46.3 Å². The molecule has 1 amide bonds. The summed E-state index contributed by atoms with van der Waals surface area (Å²) in [5.74, 6) is -0.577. The molecule has 0 heterocycles. The van der Waals surface area contributed by atoms with Gasteiger partial charge in [-0.3, -0.25) is 9.59 Å². The minimum Gasteiger partial charge on any atom is -0.495 e. The highest BCUT2D eigenvalue weighted by atomic mass is 35.5. The lowest BCUT2D eigenvalue weighted by molar-refractivity contribution is -0.126. The van der Waals surface area contributed by atoms with Gasteiger partial charge in [-0.15, -0.1) is 0 Å². The quantitative estimate of drug-likeness (QED) is 0.501. The summed E-state index contributed by atoms with van der Waals surface area (Å²) in [7, 11) is 2.86. The van der Waals surface area contributed by atoms with Crippen LogP contribution in [0.5, 0.6) is 11.5 Å². The highest BCUT2D eigenvalue weighted by Gasteiger charge is 2.25. The first-order valence-corrected chi connectivity index (χ1v) is 8.92. The Morgan fingerprint density at radius 1 is 1.11 bits per heavy atom. The predicted molar refractivity (Wildman–Crippen MR) is 108 cm³/mol. The van der Waals surface area contributed by atoms with E-state index in [-0.39, 0.29) is 16.5 Å². The lowest BCUT2D eigenvalue weighted by atomic mass is 10.2. The largest absolute Gasteiger partial charge is 0.495 e. The molecule has 2 aromatic rings. The number of hydrogen-bond acceptors (Lipinski definition) is 6. The number of nitrogens with zero attached hydrogens (tertiary/aromatic N) is 2. The third-order valence-corrected chi connectivity index (χ3v) is 4.44. The number of methoxy groups -OCH3 is 2. The number of amides is 1. The van der Waals surface area contributed by atoms with Crippen LogP contribution < -0.4 is 14.8 Å². The molecular weight excluding hydrogens is 405 g/mol. The van der Waals surface area contributed by atoms with Gasteiger partial charge in [-0.1, -0.05) is 29.3 Å². The lowest BCUT2D eigenvalue weighted by Gasteiger charge is -2.15. The van der Waals surface area contributed by atoms with E-state index in [1.165, 1.54) is 21.1 Å². The van der Waals surface area contributed by atoms with E-state index in [9.17, 15) is 9.59 Å². The second kappa shape index (κ2) is 9.52. The van der Waals surface area contributed by atoms with E-state index in [1.54, 1.807) is 24.3 Å². The molecule has 0 saturated carbocycles. The summed E-state index contributed by atoms with van der Waals surface area (Å²) in [6, 6.07) is 6.94. The topological polar surface area (TPSA) is 89.4 Å². The molecule has 2 rings (SSSR count). The first-order valence-electron chi connectivity index (χ1n) is 8.17. The molecule has 28 heavy (non-hydrogen) atoms. The fraction of sp³-hybridized carbons (Fsp3) is 0.263. The number of hydrogen-bond donors (Lipinski definition) is 1. The van der Waals surface area contributed by atoms with Crippen LogP contribution in [0.1, 0.15) is 12.5 Å². The number of nitrogens with one attached hydrogen (secondary N) is 1. The zero-order chi connectivity index (χ0) is 20.8. The molecule has 1 unspecified atom stereocenters. The number of rotatable bonds is 7. The molecule has 0 aliphatic carbocycles. The fourth-order valence-electron chi connectivity index (χ4n) is 2.33. The van der Waals surface area contributed by atoms with Crippen LogP contribution in [0.15, 0.2) is 40.6 Å². The minimum absolute atomic E-state index is 0.190. The van der Waals surface area contributed by atoms with Crippen LogP contribution in [-0.4, -0.2) is 32.0 Å². The Kier molecular flexibility index (Phi) is 7.37. The third-order valence-electron chi connectivity index (χ3n) is 3.76. The standard InChI is InChI=1S/C19H19Cl2N3O4/c1-10-5-6-12(20)14(9-10)23-24-17(11(2)25)19(26)22-13-7-8-15(27-3)16(21)18(13)28-4/h5-9,17H,1-4H3,(H,22,26). The predicted octanol–water partition coefficient (Wildman–Crippen LogP) is 5.00. The van der Waals surface area contributed by atoms with Crippen molar-refractivity contribution in [2.45, 2.75) is 19.9 Å².